The zero-order chi connectivity index (χ0) is 13.8. The Hall–Kier alpha value is -1.10. The van der Waals surface area contributed by atoms with Crippen molar-refractivity contribution in [2.24, 2.45) is 11.8 Å². The van der Waals surface area contributed by atoms with E-state index in [1.165, 1.54) is 0 Å². The number of amides is 1. The molecule has 5 heteroatoms. The first-order valence-corrected chi connectivity index (χ1v) is 7.19. The minimum atomic E-state index is -0.830. The van der Waals surface area contributed by atoms with Crippen LogP contribution in [0.2, 0.25) is 0 Å². The van der Waals surface area contributed by atoms with Crippen molar-refractivity contribution in [3.05, 3.63) is 0 Å². The molecule has 19 heavy (non-hydrogen) atoms. The number of rotatable bonds is 4. The Bertz CT molecular complexity index is 338. The van der Waals surface area contributed by atoms with Crippen molar-refractivity contribution in [1.29, 1.82) is 0 Å². The fourth-order valence-corrected chi connectivity index (χ4v) is 3.19. The van der Waals surface area contributed by atoms with Crippen molar-refractivity contribution in [2.75, 3.05) is 20.2 Å². The van der Waals surface area contributed by atoms with Gasteiger partial charge < -0.3 is 14.7 Å². The van der Waals surface area contributed by atoms with Gasteiger partial charge in [-0.2, -0.15) is 0 Å². The maximum atomic E-state index is 12.4. The minimum Gasteiger partial charge on any atom is -0.481 e. The monoisotopic (exact) mass is 269 g/mol. The lowest BCUT2D eigenvalue weighted by molar-refractivity contribution is -0.152. The number of carbonyl (C=O) groups excluding carboxylic acids is 1. The lowest BCUT2D eigenvalue weighted by Gasteiger charge is -2.31. The number of ether oxygens (including phenoxy) is 1. The highest BCUT2D eigenvalue weighted by Gasteiger charge is 2.37. The SMILES string of the molecule is CN(CC1CCCO1)C(=O)[C@@H]1CCCC[C@@H]1C(=O)O. The fourth-order valence-electron chi connectivity index (χ4n) is 3.19. The molecule has 2 fully saturated rings. The summed E-state index contributed by atoms with van der Waals surface area (Å²) in [5, 5.41) is 9.23. The number of hydrogen-bond donors (Lipinski definition) is 1. The molecule has 0 aromatic carbocycles. The van der Waals surface area contributed by atoms with Gasteiger partial charge in [0, 0.05) is 20.2 Å². The van der Waals surface area contributed by atoms with Crippen LogP contribution in [0.25, 0.3) is 0 Å². The van der Waals surface area contributed by atoms with E-state index in [1.807, 2.05) is 0 Å². The summed E-state index contributed by atoms with van der Waals surface area (Å²) in [6.45, 7) is 1.36. The molecule has 1 amide bonds. The Morgan fingerprint density at radius 2 is 1.84 bits per heavy atom. The van der Waals surface area contributed by atoms with Gasteiger partial charge in [0.05, 0.1) is 17.9 Å². The van der Waals surface area contributed by atoms with E-state index in [2.05, 4.69) is 0 Å². The third-order valence-corrected chi connectivity index (χ3v) is 4.28. The van der Waals surface area contributed by atoms with E-state index in [4.69, 9.17) is 4.74 Å². The number of carboxylic acids is 1. The molecule has 5 nitrogen and oxygen atoms in total. The van der Waals surface area contributed by atoms with Gasteiger partial charge in [-0.1, -0.05) is 12.8 Å². The molecule has 1 N–H and O–H groups in total. The number of carboxylic acid groups (broad SMARTS) is 1. The van der Waals surface area contributed by atoms with Crippen molar-refractivity contribution in [3.63, 3.8) is 0 Å². The topological polar surface area (TPSA) is 66.8 Å². The van der Waals surface area contributed by atoms with Crippen molar-refractivity contribution in [2.45, 2.75) is 44.6 Å². The van der Waals surface area contributed by atoms with Crippen molar-refractivity contribution in [1.82, 2.24) is 4.90 Å². The van der Waals surface area contributed by atoms with E-state index in [0.717, 1.165) is 32.3 Å². The average molecular weight is 269 g/mol. The molecule has 1 saturated carbocycles. The summed E-state index contributed by atoms with van der Waals surface area (Å²) < 4.78 is 5.53. The van der Waals surface area contributed by atoms with E-state index >= 15 is 0 Å². The lowest BCUT2D eigenvalue weighted by Crippen LogP contribution is -2.43. The van der Waals surface area contributed by atoms with Crippen molar-refractivity contribution < 1.29 is 19.4 Å². The smallest absolute Gasteiger partial charge is 0.307 e. The van der Waals surface area contributed by atoms with Gasteiger partial charge >= 0.3 is 5.97 Å². The Morgan fingerprint density at radius 1 is 1.16 bits per heavy atom. The highest BCUT2D eigenvalue weighted by molar-refractivity contribution is 5.84. The van der Waals surface area contributed by atoms with Crippen LogP contribution in [0.1, 0.15) is 38.5 Å². The normalized spacial score (nSPS) is 31.1. The predicted octanol–water partition coefficient (Wildman–Crippen LogP) is 1.51. The van der Waals surface area contributed by atoms with Gasteiger partial charge in [0.1, 0.15) is 0 Å². The van der Waals surface area contributed by atoms with E-state index in [1.54, 1.807) is 11.9 Å². The summed E-state index contributed by atoms with van der Waals surface area (Å²) in [4.78, 5) is 25.3. The van der Waals surface area contributed by atoms with Gasteiger partial charge in [-0.3, -0.25) is 9.59 Å². The fraction of sp³-hybridized carbons (Fsp3) is 0.857. The van der Waals surface area contributed by atoms with E-state index < -0.39 is 11.9 Å². The zero-order valence-electron chi connectivity index (χ0n) is 11.5. The first kappa shape index (κ1) is 14.3. The van der Waals surface area contributed by atoms with Gasteiger partial charge in [-0.05, 0) is 25.7 Å². The van der Waals surface area contributed by atoms with Gasteiger partial charge in [0.2, 0.25) is 5.91 Å². The van der Waals surface area contributed by atoms with Crippen molar-refractivity contribution >= 4 is 11.9 Å². The second-order valence-corrected chi connectivity index (χ2v) is 5.69. The number of carbonyl (C=O) groups is 2. The molecule has 1 aliphatic carbocycles. The molecule has 3 atom stereocenters. The Balaban J connectivity index is 1.93. The highest BCUT2D eigenvalue weighted by atomic mass is 16.5. The van der Waals surface area contributed by atoms with Crippen LogP contribution in [-0.2, 0) is 14.3 Å². The molecule has 1 aliphatic heterocycles. The second-order valence-electron chi connectivity index (χ2n) is 5.69. The Labute approximate surface area is 113 Å². The Morgan fingerprint density at radius 3 is 2.42 bits per heavy atom. The first-order chi connectivity index (χ1) is 9.09. The van der Waals surface area contributed by atoms with Crippen LogP contribution in [0.4, 0.5) is 0 Å². The van der Waals surface area contributed by atoms with Crippen LogP contribution >= 0.6 is 0 Å². The van der Waals surface area contributed by atoms with Crippen LogP contribution < -0.4 is 0 Å². The molecule has 2 aliphatic rings. The van der Waals surface area contributed by atoms with Gasteiger partial charge in [0.15, 0.2) is 0 Å². The molecule has 1 heterocycles. The van der Waals surface area contributed by atoms with Crippen LogP contribution in [0.15, 0.2) is 0 Å². The molecular formula is C14H23NO4. The molecule has 1 saturated heterocycles. The van der Waals surface area contributed by atoms with E-state index in [0.29, 0.717) is 19.4 Å². The summed E-state index contributed by atoms with van der Waals surface area (Å²) in [7, 11) is 1.76. The summed E-state index contributed by atoms with van der Waals surface area (Å²) in [6, 6.07) is 0. The third-order valence-electron chi connectivity index (χ3n) is 4.28. The maximum absolute atomic E-state index is 12.4. The number of aliphatic carboxylic acids is 1. The molecule has 0 spiro atoms. The van der Waals surface area contributed by atoms with Crippen LogP contribution in [0.5, 0.6) is 0 Å². The number of hydrogen-bond acceptors (Lipinski definition) is 3. The zero-order valence-corrected chi connectivity index (χ0v) is 11.5. The molecule has 108 valence electrons. The molecule has 2 rings (SSSR count). The minimum absolute atomic E-state index is 0.0254. The molecule has 0 aromatic heterocycles. The first-order valence-electron chi connectivity index (χ1n) is 7.19. The summed E-state index contributed by atoms with van der Waals surface area (Å²) in [5.74, 6) is -1.71. The summed E-state index contributed by atoms with van der Waals surface area (Å²) in [5.41, 5.74) is 0. The number of likely N-dealkylation sites (N-methyl/N-ethyl adjacent to an activating group) is 1. The molecule has 0 radical (unpaired) electrons. The van der Waals surface area contributed by atoms with Crippen LogP contribution in [0.3, 0.4) is 0 Å². The predicted molar refractivity (Wildman–Crippen MR) is 69.7 cm³/mol. The molecule has 1 unspecified atom stereocenters. The average Bonchev–Trinajstić information content (AvgIpc) is 2.90. The van der Waals surface area contributed by atoms with E-state index in [9.17, 15) is 14.7 Å². The Kier molecular flexibility index (Phi) is 4.80. The second kappa shape index (κ2) is 6.37. The van der Waals surface area contributed by atoms with Gasteiger partial charge in [-0.25, -0.2) is 0 Å². The van der Waals surface area contributed by atoms with Gasteiger partial charge in [0.25, 0.3) is 0 Å². The van der Waals surface area contributed by atoms with Gasteiger partial charge in [-0.15, -0.1) is 0 Å². The summed E-state index contributed by atoms with van der Waals surface area (Å²) >= 11 is 0. The van der Waals surface area contributed by atoms with Crippen molar-refractivity contribution in [3.8, 4) is 0 Å². The number of nitrogens with zero attached hydrogens (tertiary/aromatic N) is 1. The molecule has 0 bridgehead atoms. The van der Waals surface area contributed by atoms with Crippen LogP contribution in [0, 0.1) is 11.8 Å². The largest absolute Gasteiger partial charge is 0.481 e. The third kappa shape index (κ3) is 3.47. The molecule has 0 aromatic rings. The maximum Gasteiger partial charge on any atom is 0.307 e. The molecular weight excluding hydrogens is 246 g/mol. The standard InChI is InChI=1S/C14H23NO4/c1-15(9-10-5-4-8-19-10)13(16)11-6-2-3-7-12(11)14(17)18/h10-12H,2-9H2,1H3,(H,17,18)/t10?,11-,12+/m1/s1. The quantitative estimate of drug-likeness (QED) is 0.840. The van der Waals surface area contributed by atoms with Crippen LogP contribution in [-0.4, -0.2) is 48.2 Å². The summed E-state index contributed by atoms with van der Waals surface area (Å²) in [6.07, 6.45) is 5.36. The highest BCUT2D eigenvalue weighted by Crippen LogP contribution is 2.31. The lowest BCUT2D eigenvalue weighted by atomic mass is 9.78. The van der Waals surface area contributed by atoms with E-state index in [-0.39, 0.29) is 17.9 Å².